The summed E-state index contributed by atoms with van der Waals surface area (Å²) in [5, 5.41) is 3.26. The van der Waals surface area contributed by atoms with E-state index in [0.29, 0.717) is 30.4 Å². The molecule has 2 amide bonds. The summed E-state index contributed by atoms with van der Waals surface area (Å²) in [5.74, 6) is 0.148. The quantitative estimate of drug-likeness (QED) is 0.607. The van der Waals surface area contributed by atoms with Crippen LogP contribution in [0.5, 0.6) is 0 Å². The lowest BCUT2D eigenvalue weighted by atomic mass is 9.98. The Morgan fingerprint density at radius 3 is 2.60 bits per heavy atom. The lowest BCUT2D eigenvalue weighted by Crippen LogP contribution is -2.42. The van der Waals surface area contributed by atoms with Gasteiger partial charge in [0.1, 0.15) is 5.69 Å². The number of likely N-dealkylation sites (tertiary alicyclic amines) is 1. The maximum absolute atomic E-state index is 12.9. The Balaban J connectivity index is 1.48. The summed E-state index contributed by atoms with van der Waals surface area (Å²) in [6.45, 7) is 2.50. The average Bonchev–Trinajstić information content (AvgIpc) is 3.35. The molecule has 3 heterocycles. The molecule has 2 fully saturated rings. The normalized spacial score (nSPS) is 21.1. The molecule has 11 heteroatoms. The molecule has 30 heavy (non-hydrogen) atoms. The summed E-state index contributed by atoms with van der Waals surface area (Å²) < 4.78 is 1.51. The molecule has 3 N–H and O–H groups in total. The van der Waals surface area contributed by atoms with Gasteiger partial charge in [0.25, 0.3) is 11.5 Å². The summed E-state index contributed by atoms with van der Waals surface area (Å²) in [6, 6.07) is -0.183. The van der Waals surface area contributed by atoms with Crippen LogP contribution in [0.2, 0.25) is 5.28 Å². The van der Waals surface area contributed by atoms with Gasteiger partial charge in [-0.25, -0.2) is 9.78 Å². The Bertz CT molecular complexity index is 1110. The Morgan fingerprint density at radius 2 is 2.00 bits per heavy atom. The van der Waals surface area contributed by atoms with Crippen molar-refractivity contribution in [2.45, 2.75) is 32.2 Å². The molecule has 1 saturated heterocycles. The number of nitrogens with zero attached hydrogens (tertiary/aromatic N) is 3. The van der Waals surface area contributed by atoms with Gasteiger partial charge in [-0.05, 0) is 37.3 Å². The van der Waals surface area contributed by atoms with E-state index in [9.17, 15) is 19.2 Å². The maximum atomic E-state index is 12.9. The molecule has 1 aliphatic carbocycles. The number of carbonyl (C=O) groups is 2. The number of aromatic nitrogens is 4. The van der Waals surface area contributed by atoms with E-state index in [4.69, 9.17) is 11.6 Å². The molecular formula is C19H23ClN6O4. The van der Waals surface area contributed by atoms with E-state index in [1.807, 2.05) is 0 Å². The van der Waals surface area contributed by atoms with E-state index in [-0.39, 0.29) is 41.0 Å². The number of aromatic amines is 2. The second-order valence-corrected chi connectivity index (χ2v) is 8.38. The molecule has 2 aromatic rings. The lowest BCUT2D eigenvalue weighted by molar-refractivity contribution is -0.129. The van der Waals surface area contributed by atoms with E-state index >= 15 is 0 Å². The van der Waals surface area contributed by atoms with E-state index in [1.165, 1.54) is 10.8 Å². The van der Waals surface area contributed by atoms with Gasteiger partial charge in [0.15, 0.2) is 0 Å². The van der Waals surface area contributed by atoms with Gasteiger partial charge >= 0.3 is 5.69 Å². The molecule has 160 valence electrons. The number of aryl methyl sites for hydroxylation is 1. The SMILES string of the molecule is Cc1[nH]c(=O)[nH]c(=O)c1CC(=O)N1C[C@@H](NC(=O)c2cnc(Cl)n2C)[C@H](C2CC2)C1. The van der Waals surface area contributed by atoms with Crippen LogP contribution < -0.4 is 16.6 Å². The van der Waals surface area contributed by atoms with Gasteiger partial charge in [0.2, 0.25) is 11.2 Å². The molecule has 0 radical (unpaired) electrons. The second-order valence-electron chi connectivity index (χ2n) is 8.04. The van der Waals surface area contributed by atoms with Gasteiger partial charge in [-0.2, -0.15) is 0 Å². The number of H-pyrrole nitrogens is 2. The van der Waals surface area contributed by atoms with Gasteiger partial charge < -0.3 is 19.8 Å². The van der Waals surface area contributed by atoms with E-state index < -0.39 is 11.2 Å². The molecule has 2 atom stereocenters. The molecule has 4 rings (SSSR count). The standard InChI is InChI=1S/C19H23ClN6O4/c1-9-11(16(28)24-19(30)22-9)5-15(27)26-7-12(10-3-4-10)13(8-26)23-17(29)14-6-21-18(20)25(14)2/h6,10,12-13H,3-5,7-8H2,1-2H3,(H,23,29)(H2,22,24,28,30)/t12-,13+/m0/s1. The molecule has 0 aromatic carbocycles. The monoisotopic (exact) mass is 434 g/mol. The van der Waals surface area contributed by atoms with Crippen LogP contribution in [0, 0.1) is 18.8 Å². The van der Waals surface area contributed by atoms with Crippen LogP contribution in [-0.4, -0.2) is 55.4 Å². The summed E-state index contributed by atoms with van der Waals surface area (Å²) in [6.07, 6.45) is 3.48. The third-order valence-electron chi connectivity index (χ3n) is 6.01. The highest BCUT2D eigenvalue weighted by Gasteiger charge is 2.44. The number of amides is 2. The van der Waals surface area contributed by atoms with Crippen molar-refractivity contribution in [1.29, 1.82) is 0 Å². The zero-order valence-electron chi connectivity index (χ0n) is 16.7. The van der Waals surface area contributed by atoms with E-state index in [0.717, 1.165) is 12.8 Å². The predicted octanol–water partition coefficient (Wildman–Crippen LogP) is -0.0320. The smallest absolute Gasteiger partial charge is 0.325 e. The Labute approximate surface area is 176 Å². The van der Waals surface area contributed by atoms with Crippen molar-refractivity contribution >= 4 is 23.4 Å². The first-order valence-corrected chi connectivity index (χ1v) is 10.2. The maximum Gasteiger partial charge on any atom is 0.325 e. The van der Waals surface area contributed by atoms with Crippen molar-refractivity contribution in [3.63, 3.8) is 0 Å². The van der Waals surface area contributed by atoms with Gasteiger partial charge in [-0.1, -0.05) is 0 Å². The number of imidazole rings is 1. The third-order valence-corrected chi connectivity index (χ3v) is 6.36. The van der Waals surface area contributed by atoms with Gasteiger partial charge in [-0.15, -0.1) is 0 Å². The first-order chi connectivity index (χ1) is 14.2. The average molecular weight is 435 g/mol. The van der Waals surface area contributed by atoms with E-state index in [2.05, 4.69) is 20.3 Å². The minimum absolute atomic E-state index is 0.104. The fraction of sp³-hybridized carbons (Fsp3) is 0.526. The van der Waals surface area contributed by atoms with Gasteiger partial charge in [-0.3, -0.25) is 19.4 Å². The first kappa shape index (κ1) is 20.4. The minimum atomic E-state index is -0.596. The Kier molecular flexibility index (Phi) is 5.27. The number of hydrogen-bond donors (Lipinski definition) is 3. The van der Waals surface area contributed by atoms with Crippen molar-refractivity contribution in [3.8, 4) is 0 Å². The second kappa shape index (κ2) is 7.75. The third kappa shape index (κ3) is 3.91. The van der Waals surface area contributed by atoms with Crippen molar-refractivity contribution in [2.24, 2.45) is 18.9 Å². The molecule has 10 nitrogen and oxygen atoms in total. The molecule has 2 aliphatic rings. The Morgan fingerprint density at radius 1 is 1.27 bits per heavy atom. The number of carbonyl (C=O) groups excluding carboxylic acids is 2. The van der Waals surface area contributed by atoms with E-state index in [1.54, 1.807) is 18.9 Å². The molecular weight excluding hydrogens is 412 g/mol. The highest BCUT2D eigenvalue weighted by molar-refractivity contribution is 6.28. The molecule has 0 bridgehead atoms. The van der Waals surface area contributed by atoms with Crippen molar-refractivity contribution in [3.05, 3.63) is 49.3 Å². The largest absolute Gasteiger partial charge is 0.346 e. The zero-order valence-corrected chi connectivity index (χ0v) is 17.5. The summed E-state index contributed by atoms with van der Waals surface area (Å²) >= 11 is 5.93. The Hall–Kier alpha value is -2.88. The van der Waals surface area contributed by atoms with Crippen molar-refractivity contribution in [2.75, 3.05) is 13.1 Å². The lowest BCUT2D eigenvalue weighted by Gasteiger charge is -2.19. The molecule has 1 aliphatic heterocycles. The first-order valence-electron chi connectivity index (χ1n) is 9.82. The summed E-state index contributed by atoms with van der Waals surface area (Å²) in [5.41, 5.74) is -0.163. The number of rotatable bonds is 5. The molecule has 2 aromatic heterocycles. The zero-order chi connectivity index (χ0) is 21.6. The van der Waals surface area contributed by atoms with Crippen LogP contribution >= 0.6 is 11.6 Å². The van der Waals surface area contributed by atoms with Crippen LogP contribution in [0.15, 0.2) is 15.8 Å². The number of hydrogen-bond acceptors (Lipinski definition) is 5. The number of nitrogens with one attached hydrogen (secondary N) is 3. The van der Waals surface area contributed by atoms with Crippen LogP contribution in [0.1, 0.15) is 34.6 Å². The predicted molar refractivity (Wildman–Crippen MR) is 108 cm³/mol. The summed E-state index contributed by atoms with van der Waals surface area (Å²) in [4.78, 5) is 59.3. The van der Waals surface area contributed by atoms with Crippen LogP contribution in [0.3, 0.4) is 0 Å². The van der Waals surface area contributed by atoms with Crippen molar-refractivity contribution in [1.82, 2.24) is 29.7 Å². The van der Waals surface area contributed by atoms with Crippen LogP contribution in [0.4, 0.5) is 0 Å². The topological polar surface area (TPSA) is 133 Å². The molecule has 1 saturated carbocycles. The van der Waals surface area contributed by atoms with Gasteiger partial charge in [0.05, 0.1) is 18.7 Å². The highest BCUT2D eigenvalue weighted by atomic mass is 35.5. The van der Waals surface area contributed by atoms with Gasteiger partial charge in [0, 0.05) is 37.3 Å². The molecule has 0 spiro atoms. The molecule has 0 unspecified atom stereocenters. The fourth-order valence-electron chi connectivity index (χ4n) is 4.13. The van der Waals surface area contributed by atoms with Crippen molar-refractivity contribution < 1.29 is 9.59 Å². The summed E-state index contributed by atoms with van der Waals surface area (Å²) in [7, 11) is 1.66. The van der Waals surface area contributed by atoms with Crippen LogP contribution in [0.25, 0.3) is 0 Å². The van der Waals surface area contributed by atoms with Crippen LogP contribution in [-0.2, 0) is 18.3 Å². The number of halogens is 1. The minimum Gasteiger partial charge on any atom is -0.346 e. The fourth-order valence-corrected chi connectivity index (χ4v) is 4.27. The highest BCUT2D eigenvalue weighted by Crippen LogP contribution is 2.41.